The second kappa shape index (κ2) is 8.13. The first-order chi connectivity index (χ1) is 13.5. The maximum absolute atomic E-state index is 11.4. The van der Waals surface area contributed by atoms with Gasteiger partial charge >= 0.3 is 0 Å². The van der Waals surface area contributed by atoms with E-state index in [9.17, 15) is 4.79 Å². The Morgan fingerprint density at radius 1 is 1.36 bits per heavy atom. The number of rotatable bonds is 5. The van der Waals surface area contributed by atoms with E-state index in [-0.39, 0.29) is 5.91 Å². The monoisotopic (exact) mass is 400 g/mol. The van der Waals surface area contributed by atoms with E-state index in [0.29, 0.717) is 17.1 Å². The van der Waals surface area contributed by atoms with Crippen LogP contribution in [-0.2, 0) is 17.6 Å². The summed E-state index contributed by atoms with van der Waals surface area (Å²) in [6.07, 6.45) is 6.17. The van der Waals surface area contributed by atoms with Gasteiger partial charge in [-0.3, -0.25) is 4.79 Å². The fourth-order valence-electron chi connectivity index (χ4n) is 3.91. The first-order valence-electron chi connectivity index (χ1n) is 10.1. The third kappa shape index (κ3) is 4.17. The first kappa shape index (κ1) is 19.3. The Morgan fingerprint density at radius 3 is 3.00 bits per heavy atom. The number of hydrogen-bond donors (Lipinski definition) is 2. The zero-order valence-corrected chi connectivity index (χ0v) is 17.6. The van der Waals surface area contributed by atoms with Gasteiger partial charge in [-0.05, 0) is 43.7 Å². The highest BCUT2D eigenvalue weighted by molar-refractivity contribution is 7.19. The van der Waals surface area contributed by atoms with Crippen molar-refractivity contribution in [3.8, 4) is 10.6 Å². The second-order valence-corrected chi connectivity index (χ2v) is 9.04. The highest BCUT2D eigenvalue weighted by Crippen LogP contribution is 2.39. The van der Waals surface area contributed by atoms with Gasteiger partial charge in [0.05, 0.1) is 16.3 Å². The van der Waals surface area contributed by atoms with Crippen LogP contribution in [0.2, 0.25) is 0 Å². The lowest BCUT2D eigenvalue weighted by atomic mass is 9.97. The molecule has 0 saturated carbocycles. The van der Waals surface area contributed by atoms with Gasteiger partial charge in [-0.1, -0.05) is 25.2 Å². The van der Waals surface area contributed by atoms with Gasteiger partial charge in [0, 0.05) is 32.3 Å². The van der Waals surface area contributed by atoms with Crippen molar-refractivity contribution >= 4 is 28.3 Å². The zero-order chi connectivity index (χ0) is 19.7. The smallest absolute Gasteiger partial charge is 0.225 e. The Bertz CT molecular complexity index is 864. The van der Waals surface area contributed by atoms with Gasteiger partial charge in [0.15, 0.2) is 5.13 Å². The topological polar surface area (TPSA) is 83.0 Å². The van der Waals surface area contributed by atoms with Crippen LogP contribution in [0.15, 0.2) is 6.20 Å². The number of amides is 1. The van der Waals surface area contributed by atoms with Gasteiger partial charge in [0.2, 0.25) is 11.9 Å². The molecule has 28 heavy (non-hydrogen) atoms. The summed E-state index contributed by atoms with van der Waals surface area (Å²) < 4.78 is 0. The van der Waals surface area contributed by atoms with Crippen LogP contribution in [0.25, 0.3) is 10.6 Å². The number of carbonyl (C=O) groups excluding carboxylic acids is 1. The summed E-state index contributed by atoms with van der Waals surface area (Å²) in [4.78, 5) is 29.0. The summed E-state index contributed by atoms with van der Waals surface area (Å²) in [5, 5.41) is 7.02. The number of anilines is 2. The SMILES string of the molecule is CC(=O)Nc1nc2c(s1)-c1nc(N3CCCC(CNC(C)C)C3)ncc1CC2. The molecule has 7 nitrogen and oxygen atoms in total. The number of aryl methyl sites for hydroxylation is 2. The Morgan fingerprint density at radius 2 is 2.21 bits per heavy atom. The summed E-state index contributed by atoms with van der Waals surface area (Å²) in [5.74, 6) is 1.35. The fourth-order valence-corrected chi connectivity index (χ4v) is 4.99. The lowest BCUT2D eigenvalue weighted by Gasteiger charge is -2.33. The molecule has 2 N–H and O–H groups in total. The molecule has 2 aromatic heterocycles. The van der Waals surface area contributed by atoms with E-state index in [1.54, 1.807) is 0 Å². The number of piperidine rings is 1. The van der Waals surface area contributed by atoms with Crippen molar-refractivity contribution in [2.75, 3.05) is 29.9 Å². The molecule has 1 aliphatic heterocycles. The molecule has 0 aromatic carbocycles. The summed E-state index contributed by atoms with van der Waals surface area (Å²) >= 11 is 1.51. The summed E-state index contributed by atoms with van der Waals surface area (Å²) in [6.45, 7) is 8.92. The van der Waals surface area contributed by atoms with Gasteiger partial charge in [-0.15, -0.1) is 0 Å². The molecule has 1 amide bonds. The van der Waals surface area contributed by atoms with Crippen LogP contribution in [0, 0.1) is 5.92 Å². The molecule has 4 rings (SSSR count). The maximum Gasteiger partial charge on any atom is 0.225 e. The minimum Gasteiger partial charge on any atom is -0.340 e. The molecule has 3 heterocycles. The molecule has 8 heteroatoms. The normalized spacial score (nSPS) is 18.7. The fraction of sp³-hybridized carbons (Fsp3) is 0.600. The molecule has 0 spiro atoms. The van der Waals surface area contributed by atoms with Gasteiger partial charge in [0.1, 0.15) is 0 Å². The summed E-state index contributed by atoms with van der Waals surface area (Å²) in [6, 6.07) is 0.512. The van der Waals surface area contributed by atoms with E-state index in [1.807, 2.05) is 6.20 Å². The molecular weight excluding hydrogens is 372 g/mol. The average molecular weight is 401 g/mol. The van der Waals surface area contributed by atoms with Gasteiger partial charge in [-0.25, -0.2) is 15.0 Å². The van der Waals surface area contributed by atoms with Crippen molar-refractivity contribution in [2.24, 2.45) is 5.92 Å². The molecule has 1 fully saturated rings. The van der Waals surface area contributed by atoms with Crippen LogP contribution in [0.5, 0.6) is 0 Å². The van der Waals surface area contributed by atoms with Crippen LogP contribution in [-0.4, -0.2) is 46.5 Å². The highest BCUT2D eigenvalue weighted by Gasteiger charge is 2.26. The van der Waals surface area contributed by atoms with E-state index in [2.05, 4.69) is 39.3 Å². The van der Waals surface area contributed by atoms with Crippen molar-refractivity contribution < 1.29 is 4.79 Å². The van der Waals surface area contributed by atoms with Crippen molar-refractivity contribution in [3.05, 3.63) is 17.5 Å². The van der Waals surface area contributed by atoms with Crippen LogP contribution >= 0.6 is 11.3 Å². The highest BCUT2D eigenvalue weighted by atomic mass is 32.1. The number of hydrogen-bond acceptors (Lipinski definition) is 7. The summed E-state index contributed by atoms with van der Waals surface area (Å²) in [7, 11) is 0. The van der Waals surface area contributed by atoms with Crippen LogP contribution < -0.4 is 15.5 Å². The van der Waals surface area contributed by atoms with Crippen LogP contribution in [0.3, 0.4) is 0 Å². The van der Waals surface area contributed by atoms with Crippen LogP contribution in [0.1, 0.15) is 44.9 Å². The molecule has 1 saturated heterocycles. The van der Waals surface area contributed by atoms with Gasteiger partial charge in [0.25, 0.3) is 0 Å². The van der Waals surface area contributed by atoms with Crippen molar-refractivity contribution in [1.29, 1.82) is 0 Å². The number of thiazole rings is 1. The Kier molecular flexibility index (Phi) is 5.59. The quantitative estimate of drug-likeness (QED) is 0.803. The van der Waals surface area contributed by atoms with Crippen LogP contribution in [0.4, 0.5) is 11.1 Å². The molecule has 150 valence electrons. The maximum atomic E-state index is 11.4. The molecule has 0 bridgehead atoms. The van der Waals surface area contributed by atoms with E-state index in [4.69, 9.17) is 4.98 Å². The number of nitrogens with one attached hydrogen (secondary N) is 2. The third-order valence-electron chi connectivity index (χ3n) is 5.29. The molecular formula is C20H28N6OS. The minimum atomic E-state index is -0.0935. The van der Waals surface area contributed by atoms with Gasteiger partial charge < -0.3 is 15.5 Å². The predicted octanol–water partition coefficient (Wildman–Crippen LogP) is 2.87. The predicted molar refractivity (Wildman–Crippen MR) is 113 cm³/mol. The van der Waals surface area contributed by atoms with Crippen molar-refractivity contribution in [3.63, 3.8) is 0 Å². The molecule has 1 unspecified atom stereocenters. The van der Waals surface area contributed by atoms with E-state index in [0.717, 1.165) is 54.7 Å². The zero-order valence-electron chi connectivity index (χ0n) is 16.8. The second-order valence-electron chi connectivity index (χ2n) is 8.04. The number of fused-ring (bicyclic) bond motifs is 3. The average Bonchev–Trinajstić information content (AvgIpc) is 3.08. The Labute approximate surface area is 170 Å². The van der Waals surface area contributed by atoms with E-state index in [1.165, 1.54) is 36.7 Å². The van der Waals surface area contributed by atoms with E-state index < -0.39 is 0 Å². The molecule has 2 aromatic rings. The molecule has 1 atom stereocenters. The lowest BCUT2D eigenvalue weighted by Crippen LogP contribution is -2.41. The standard InChI is InChI=1S/C20H28N6OS/c1-12(2)21-9-14-5-4-8-26(11-14)19-22-10-15-6-7-16-18(17(15)25-19)28-20(24-16)23-13(3)27/h10,12,14,21H,4-9,11H2,1-3H3,(H,23,24,27). The molecule has 2 aliphatic rings. The van der Waals surface area contributed by atoms with E-state index >= 15 is 0 Å². The number of aromatic nitrogens is 3. The number of carbonyl (C=O) groups is 1. The third-order valence-corrected chi connectivity index (χ3v) is 6.31. The molecule has 0 radical (unpaired) electrons. The Balaban J connectivity index is 1.56. The van der Waals surface area contributed by atoms with Gasteiger partial charge in [-0.2, -0.15) is 0 Å². The Hall–Kier alpha value is -2.06. The summed E-state index contributed by atoms with van der Waals surface area (Å²) in [5.41, 5.74) is 3.19. The first-order valence-corrected chi connectivity index (χ1v) is 10.9. The van der Waals surface area contributed by atoms with Crippen molar-refractivity contribution in [2.45, 2.75) is 52.5 Å². The largest absolute Gasteiger partial charge is 0.340 e. The van der Waals surface area contributed by atoms with Crippen molar-refractivity contribution in [1.82, 2.24) is 20.3 Å². The lowest BCUT2D eigenvalue weighted by molar-refractivity contribution is -0.114. The molecule has 1 aliphatic carbocycles. The minimum absolute atomic E-state index is 0.0935. The number of nitrogens with zero attached hydrogens (tertiary/aromatic N) is 4.